The second-order valence-electron chi connectivity index (χ2n) is 5.37. The fourth-order valence-corrected chi connectivity index (χ4v) is 4.50. The number of rotatable bonds is 5. The van der Waals surface area contributed by atoms with Crippen LogP contribution in [0.1, 0.15) is 25.7 Å². The van der Waals surface area contributed by atoms with Gasteiger partial charge in [-0.3, -0.25) is 0 Å². The summed E-state index contributed by atoms with van der Waals surface area (Å²) < 4.78 is 67.5. The zero-order chi connectivity index (χ0) is 17.1. The van der Waals surface area contributed by atoms with Crippen LogP contribution < -0.4 is 10.5 Å². The second-order valence-corrected chi connectivity index (χ2v) is 7.26. The van der Waals surface area contributed by atoms with E-state index in [4.69, 9.17) is 5.73 Å². The van der Waals surface area contributed by atoms with Gasteiger partial charge in [-0.05, 0) is 37.9 Å². The van der Waals surface area contributed by atoms with E-state index >= 15 is 0 Å². The number of ether oxygens (including phenoxy) is 1. The van der Waals surface area contributed by atoms with Crippen LogP contribution in [-0.2, 0) is 10.0 Å². The molecule has 1 aliphatic rings. The molecule has 0 bridgehead atoms. The number of alkyl halides is 3. The van der Waals surface area contributed by atoms with Gasteiger partial charge in [-0.2, -0.15) is 4.31 Å². The first-order chi connectivity index (χ1) is 10.7. The Hall–Kier alpha value is -1.32. The van der Waals surface area contributed by atoms with Gasteiger partial charge in [0.05, 0.1) is 4.90 Å². The van der Waals surface area contributed by atoms with Crippen LogP contribution in [0.5, 0.6) is 5.75 Å². The van der Waals surface area contributed by atoms with Crippen molar-refractivity contribution in [2.24, 2.45) is 5.73 Å². The lowest BCUT2D eigenvalue weighted by Gasteiger charge is -2.34. The van der Waals surface area contributed by atoms with Crippen molar-refractivity contribution in [1.29, 1.82) is 0 Å². The maximum atomic E-state index is 12.7. The van der Waals surface area contributed by atoms with E-state index in [0.717, 1.165) is 25.0 Å². The van der Waals surface area contributed by atoms with E-state index in [9.17, 15) is 21.6 Å². The molecule has 1 fully saturated rings. The maximum Gasteiger partial charge on any atom is 0.573 e. The molecule has 130 valence electrons. The molecule has 2 rings (SSSR count). The number of halogens is 3. The normalized spacial score (nSPS) is 20.4. The Morgan fingerprint density at radius 3 is 2.70 bits per heavy atom. The lowest BCUT2D eigenvalue weighted by atomic mass is 10.0. The first-order valence-corrected chi connectivity index (χ1v) is 8.76. The van der Waals surface area contributed by atoms with E-state index in [1.54, 1.807) is 0 Å². The first kappa shape index (κ1) is 18.0. The number of hydrogen-bond acceptors (Lipinski definition) is 4. The third-order valence-electron chi connectivity index (χ3n) is 3.72. The Kier molecular flexibility index (Phi) is 5.53. The molecule has 2 N–H and O–H groups in total. The lowest BCUT2D eigenvalue weighted by Crippen LogP contribution is -2.44. The Bertz CT molecular complexity index is 632. The number of sulfonamides is 1. The molecule has 1 unspecified atom stereocenters. The summed E-state index contributed by atoms with van der Waals surface area (Å²) in [7, 11) is -3.88. The highest BCUT2D eigenvalue weighted by Gasteiger charge is 2.34. The van der Waals surface area contributed by atoms with Crippen molar-refractivity contribution in [3.63, 3.8) is 0 Å². The highest BCUT2D eigenvalue weighted by atomic mass is 32.2. The summed E-state index contributed by atoms with van der Waals surface area (Å²) in [6.45, 7) is 0.700. The van der Waals surface area contributed by atoms with Crippen molar-refractivity contribution in [3.05, 3.63) is 24.3 Å². The zero-order valence-electron chi connectivity index (χ0n) is 12.4. The number of hydrogen-bond donors (Lipinski definition) is 1. The van der Waals surface area contributed by atoms with Crippen LogP contribution in [0.2, 0.25) is 0 Å². The van der Waals surface area contributed by atoms with Crippen LogP contribution >= 0.6 is 0 Å². The predicted octanol–water partition coefficient (Wildman–Crippen LogP) is 2.48. The quantitative estimate of drug-likeness (QED) is 0.884. The van der Waals surface area contributed by atoms with Gasteiger partial charge in [-0.25, -0.2) is 8.42 Å². The van der Waals surface area contributed by atoms with Crippen molar-refractivity contribution < 1.29 is 26.3 Å². The Morgan fingerprint density at radius 2 is 2.04 bits per heavy atom. The van der Waals surface area contributed by atoms with Crippen LogP contribution in [0.25, 0.3) is 0 Å². The molecule has 0 radical (unpaired) electrons. The Balaban J connectivity index is 2.29. The highest BCUT2D eigenvalue weighted by molar-refractivity contribution is 7.89. The highest BCUT2D eigenvalue weighted by Crippen LogP contribution is 2.30. The molecule has 5 nitrogen and oxygen atoms in total. The molecule has 1 aromatic carbocycles. The number of benzene rings is 1. The third-order valence-corrected chi connectivity index (χ3v) is 5.67. The van der Waals surface area contributed by atoms with Gasteiger partial charge in [0, 0.05) is 18.7 Å². The van der Waals surface area contributed by atoms with Gasteiger partial charge >= 0.3 is 6.36 Å². The summed E-state index contributed by atoms with van der Waals surface area (Å²) in [4.78, 5) is -0.205. The molecule has 0 aliphatic carbocycles. The minimum absolute atomic E-state index is 0.205. The molecule has 1 aromatic rings. The lowest BCUT2D eigenvalue weighted by molar-refractivity contribution is -0.274. The van der Waals surface area contributed by atoms with E-state index in [2.05, 4.69) is 4.74 Å². The van der Waals surface area contributed by atoms with Crippen LogP contribution in [0, 0.1) is 0 Å². The van der Waals surface area contributed by atoms with Crippen LogP contribution in [-0.4, -0.2) is 38.2 Å². The second kappa shape index (κ2) is 7.06. The number of nitrogens with two attached hydrogens (primary N) is 1. The van der Waals surface area contributed by atoms with E-state index in [0.29, 0.717) is 25.9 Å². The summed E-state index contributed by atoms with van der Waals surface area (Å²) in [6.07, 6.45) is -2.00. The average Bonchev–Trinajstić information content (AvgIpc) is 2.46. The molecular weight excluding hydrogens is 333 g/mol. The van der Waals surface area contributed by atoms with E-state index in [1.165, 1.54) is 16.4 Å². The fourth-order valence-electron chi connectivity index (χ4n) is 2.74. The van der Waals surface area contributed by atoms with E-state index in [1.807, 2.05) is 0 Å². The van der Waals surface area contributed by atoms with Gasteiger partial charge in [0.1, 0.15) is 5.75 Å². The van der Waals surface area contributed by atoms with Gasteiger partial charge in [-0.1, -0.05) is 12.5 Å². The topological polar surface area (TPSA) is 72.6 Å². The smallest absolute Gasteiger partial charge is 0.406 e. The number of piperidine rings is 1. The monoisotopic (exact) mass is 352 g/mol. The van der Waals surface area contributed by atoms with Crippen LogP contribution in [0.4, 0.5) is 13.2 Å². The predicted molar refractivity (Wildman–Crippen MR) is 78.3 cm³/mol. The van der Waals surface area contributed by atoms with Gasteiger partial charge < -0.3 is 10.5 Å². The molecule has 0 amide bonds. The summed E-state index contributed by atoms with van der Waals surface area (Å²) in [5.74, 6) is -0.550. The molecule has 1 saturated heterocycles. The van der Waals surface area contributed by atoms with Gasteiger partial charge in [0.25, 0.3) is 0 Å². The minimum atomic E-state index is -4.87. The molecule has 1 aliphatic heterocycles. The molecule has 0 aromatic heterocycles. The zero-order valence-corrected chi connectivity index (χ0v) is 13.2. The maximum absolute atomic E-state index is 12.7. The van der Waals surface area contributed by atoms with Crippen LogP contribution in [0.15, 0.2) is 29.2 Å². The van der Waals surface area contributed by atoms with Gasteiger partial charge in [0.2, 0.25) is 10.0 Å². The third kappa shape index (κ3) is 4.58. The van der Waals surface area contributed by atoms with Crippen molar-refractivity contribution in [1.82, 2.24) is 4.31 Å². The van der Waals surface area contributed by atoms with Crippen molar-refractivity contribution in [3.8, 4) is 5.75 Å². The van der Waals surface area contributed by atoms with Crippen LogP contribution in [0.3, 0.4) is 0 Å². The molecule has 1 atom stereocenters. The van der Waals surface area contributed by atoms with Gasteiger partial charge in [0.15, 0.2) is 0 Å². The molecule has 0 spiro atoms. The Morgan fingerprint density at radius 1 is 1.30 bits per heavy atom. The summed E-state index contributed by atoms with van der Waals surface area (Å²) in [6, 6.07) is 4.26. The standard InChI is InChI=1S/C14H19F3N2O3S/c15-14(16,17)22-12-5-3-6-13(10-12)23(20,21)19-9-2-1-4-11(19)7-8-18/h3,5-6,10-11H,1-2,4,7-9,18H2. The fraction of sp³-hybridized carbons (Fsp3) is 0.571. The van der Waals surface area contributed by atoms with E-state index in [-0.39, 0.29) is 10.9 Å². The molecule has 1 heterocycles. The number of nitrogens with zero attached hydrogens (tertiary/aromatic N) is 1. The first-order valence-electron chi connectivity index (χ1n) is 7.32. The summed E-state index contributed by atoms with van der Waals surface area (Å²) >= 11 is 0. The largest absolute Gasteiger partial charge is 0.573 e. The Labute approximate surface area is 133 Å². The van der Waals surface area contributed by atoms with Crippen molar-refractivity contribution in [2.75, 3.05) is 13.1 Å². The average molecular weight is 352 g/mol. The molecular formula is C14H19F3N2O3S. The van der Waals surface area contributed by atoms with Crippen molar-refractivity contribution >= 4 is 10.0 Å². The molecule has 23 heavy (non-hydrogen) atoms. The van der Waals surface area contributed by atoms with Gasteiger partial charge in [-0.15, -0.1) is 13.2 Å². The summed E-state index contributed by atoms with van der Waals surface area (Å²) in [5.41, 5.74) is 5.53. The molecule has 9 heteroatoms. The minimum Gasteiger partial charge on any atom is -0.406 e. The van der Waals surface area contributed by atoms with Crippen molar-refractivity contribution in [2.45, 2.75) is 43.0 Å². The molecule has 0 saturated carbocycles. The summed E-state index contributed by atoms with van der Waals surface area (Å²) in [5, 5.41) is 0. The SMILES string of the molecule is NCCC1CCCCN1S(=O)(=O)c1cccc(OC(F)(F)F)c1. The van der Waals surface area contributed by atoms with E-state index < -0.39 is 22.1 Å².